The quantitative estimate of drug-likeness (QED) is 0.508. The third kappa shape index (κ3) is 7.44. The number of hydrogen-bond acceptors (Lipinski definition) is 6. The van der Waals surface area contributed by atoms with Gasteiger partial charge < -0.3 is 14.8 Å². The number of nitrogens with one attached hydrogen (secondary N) is 1. The second kappa shape index (κ2) is 11.1. The van der Waals surface area contributed by atoms with Gasteiger partial charge >= 0.3 is 11.9 Å². The van der Waals surface area contributed by atoms with Crippen LogP contribution < -0.4 is 5.32 Å². The number of hydrogen-bond donors (Lipinski definition) is 1. The molecule has 1 N–H and O–H groups in total. The second-order valence-electron chi connectivity index (χ2n) is 5.92. The Bertz CT molecular complexity index is 803. The molecule has 0 saturated heterocycles. The highest BCUT2D eigenvalue weighted by molar-refractivity contribution is 7.99. The predicted octanol–water partition coefficient (Wildman–Crippen LogP) is 3.84. The number of benzene rings is 2. The fourth-order valence-electron chi connectivity index (χ4n) is 2.21. The van der Waals surface area contributed by atoms with Crippen molar-refractivity contribution in [2.45, 2.75) is 25.2 Å². The number of carbonyl (C=O) groups excluding carboxylic acids is 3. The highest BCUT2D eigenvalue weighted by atomic mass is 32.2. The fraction of sp³-hybridized carbons (Fsp3) is 0.286. The van der Waals surface area contributed by atoms with Gasteiger partial charge in [0, 0.05) is 16.3 Å². The average Bonchev–Trinajstić information content (AvgIpc) is 2.69. The molecule has 0 unspecified atom stereocenters. The van der Waals surface area contributed by atoms with Crippen LogP contribution in [-0.4, -0.2) is 36.8 Å². The van der Waals surface area contributed by atoms with Crippen LogP contribution in [0.4, 0.5) is 5.69 Å². The van der Waals surface area contributed by atoms with Crippen LogP contribution >= 0.6 is 11.8 Å². The first-order valence-electron chi connectivity index (χ1n) is 8.90. The molecule has 0 aliphatic rings. The Labute approximate surface area is 168 Å². The second-order valence-corrected chi connectivity index (χ2v) is 7.09. The van der Waals surface area contributed by atoms with E-state index in [1.807, 2.05) is 31.2 Å². The van der Waals surface area contributed by atoms with Gasteiger partial charge in [0.25, 0.3) is 5.91 Å². The van der Waals surface area contributed by atoms with E-state index in [1.54, 1.807) is 43.0 Å². The Kier molecular flexibility index (Phi) is 8.55. The first-order valence-corrected chi connectivity index (χ1v) is 9.88. The maximum absolute atomic E-state index is 11.9. The third-order valence-corrected chi connectivity index (χ3v) is 4.65. The minimum atomic E-state index is -0.441. The maximum Gasteiger partial charge on any atom is 0.338 e. The number of carbonyl (C=O) groups is 3. The van der Waals surface area contributed by atoms with Gasteiger partial charge in [0.2, 0.25) is 0 Å². The summed E-state index contributed by atoms with van der Waals surface area (Å²) in [7, 11) is 0. The van der Waals surface area contributed by atoms with Gasteiger partial charge in [0.15, 0.2) is 6.61 Å². The Balaban J connectivity index is 1.67. The van der Waals surface area contributed by atoms with Gasteiger partial charge in [0.05, 0.1) is 18.6 Å². The fourth-order valence-corrected chi connectivity index (χ4v) is 3.04. The molecule has 7 heteroatoms. The number of anilines is 1. The van der Waals surface area contributed by atoms with Gasteiger partial charge in [-0.25, -0.2) is 4.79 Å². The molecular weight excluding hydrogens is 378 g/mol. The van der Waals surface area contributed by atoms with Crippen molar-refractivity contribution >= 4 is 35.3 Å². The van der Waals surface area contributed by atoms with Crippen LogP contribution in [-0.2, 0) is 19.1 Å². The lowest BCUT2D eigenvalue weighted by molar-refractivity contribution is -0.146. The van der Waals surface area contributed by atoms with Crippen molar-refractivity contribution in [3.8, 4) is 0 Å². The first-order chi connectivity index (χ1) is 13.5. The number of esters is 2. The molecule has 6 nitrogen and oxygen atoms in total. The summed E-state index contributed by atoms with van der Waals surface area (Å²) >= 11 is 1.56. The Hall–Kier alpha value is -2.80. The average molecular weight is 401 g/mol. The molecule has 0 aromatic heterocycles. The van der Waals surface area contributed by atoms with Gasteiger partial charge in [-0.05, 0) is 50.2 Å². The summed E-state index contributed by atoms with van der Waals surface area (Å²) in [5.74, 6) is -0.701. The Morgan fingerprint density at radius 3 is 2.29 bits per heavy atom. The molecule has 0 aliphatic carbocycles. The van der Waals surface area contributed by atoms with Gasteiger partial charge in [-0.1, -0.05) is 17.7 Å². The molecule has 0 bridgehead atoms. The Morgan fingerprint density at radius 2 is 1.64 bits per heavy atom. The van der Waals surface area contributed by atoms with Crippen LogP contribution in [0.3, 0.4) is 0 Å². The summed E-state index contributed by atoms with van der Waals surface area (Å²) in [5.41, 5.74) is 2.09. The van der Waals surface area contributed by atoms with Crippen LogP contribution in [0.15, 0.2) is 53.4 Å². The topological polar surface area (TPSA) is 81.7 Å². The molecule has 1 amide bonds. The minimum absolute atomic E-state index is 0.222. The van der Waals surface area contributed by atoms with Crippen molar-refractivity contribution in [3.05, 3.63) is 59.7 Å². The molecule has 0 saturated carbocycles. The van der Waals surface area contributed by atoms with Crippen molar-refractivity contribution in [2.24, 2.45) is 0 Å². The van der Waals surface area contributed by atoms with Gasteiger partial charge in [-0.15, -0.1) is 11.8 Å². The zero-order chi connectivity index (χ0) is 20.4. The van der Waals surface area contributed by atoms with Crippen LogP contribution in [0, 0.1) is 6.92 Å². The molecule has 0 radical (unpaired) electrons. The van der Waals surface area contributed by atoms with Gasteiger partial charge in [-0.3, -0.25) is 9.59 Å². The molecule has 0 aliphatic heterocycles. The van der Waals surface area contributed by atoms with Crippen LogP contribution in [0.25, 0.3) is 0 Å². The van der Waals surface area contributed by atoms with E-state index in [-0.39, 0.29) is 13.0 Å². The largest absolute Gasteiger partial charge is 0.462 e. The smallest absolute Gasteiger partial charge is 0.338 e. The monoisotopic (exact) mass is 401 g/mol. The van der Waals surface area contributed by atoms with E-state index in [2.05, 4.69) is 5.32 Å². The summed E-state index contributed by atoms with van der Waals surface area (Å²) < 4.78 is 9.88. The van der Waals surface area contributed by atoms with Crippen molar-refractivity contribution in [1.29, 1.82) is 0 Å². The number of ether oxygens (including phenoxy) is 2. The number of aryl methyl sites for hydroxylation is 1. The lowest BCUT2D eigenvalue weighted by Gasteiger charge is -2.08. The van der Waals surface area contributed by atoms with E-state index in [4.69, 9.17) is 9.47 Å². The van der Waals surface area contributed by atoms with Crippen molar-refractivity contribution in [1.82, 2.24) is 0 Å². The third-order valence-electron chi connectivity index (χ3n) is 3.64. The number of amides is 1. The minimum Gasteiger partial charge on any atom is -0.462 e. The molecule has 0 atom stereocenters. The SMILES string of the molecule is CCOC(=O)c1ccc(NC(=O)COC(=O)CCSc2ccc(C)cc2)cc1. The zero-order valence-electron chi connectivity index (χ0n) is 15.9. The van der Waals surface area contributed by atoms with E-state index in [0.717, 1.165) is 4.90 Å². The van der Waals surface area contributed by atoms with Crippen molar-refractivity contribution < 1.29 is 23.9 Å². The molecule has 2 aromatic rings. The molecule has 0 fully saturated rings. The summed E-state index contributed by atoms with van der Waals surface area (Å²) in [6.45, 7) is 3.69. The maximum atomic E-state index is 11.9. The normalized spacial score (nSPS) is 10.2. The first kappa shape index (κ1) is 21.5. The summed E-state index contributed by atoms with van der Waals surface area (Å²) in [6.07, 6.45) is 0.222. The van der Waals surface area contributed by atoms with Crippen LogP contribution in [0.5, 0.6) is 0 Å². The number of rotatable bonds is 9. The van der Waals surface area contributed by atoms with Crippen LogP contribution in [0.2, 0.25) is 0 Å². The predicted molar refractivity (Wildman–Crippen MR) is 109 cm³/mol. The van der Waals surface area contributed by atoms with Crippen LogP contribution in [0.1, 0.15) is 29.3 Å². The van der Waals surface area contributed by atoms with Crippen molar-refractivity contribution in [2.75, 3.05) is 24.3 Å². The summed E-state index contributed by atoms with van der Waals surface area (Å²) in [6, 6.07) is 14.3. The highest BCUT2D eigenvalue weighted by Crippen LogP contribution is 2.19. The van der Waals surface area contributed by atoms with Gasteiger partial charge in [0.1, 0.15) is 0 Å². The van der Waals surface area contributed by atoms with E-state index in [0.29, 0.717) is 23.6 Å². The van der Waals surface area contributed by atoms with E-state index in [1.165, 1.54) is 5.56 Å². The highest BCUT2D eigenvalue weighted by Gasteiger charge is 2.10. The van der Waals surface area contributed by atoms with E-state index < -0.39 is 17.8 Å². The molecule has 0 spiro atoms. The molecule has 2 aromatic carbocycles. The lowest BCUT2D eigenvalue weighted by atomic mass is 10.2. The van der Waals surface area contributed by atoms with E-state index in [9.17, 15) is 14.4 Å². The zero-order valence-corrected chi connectivity index (χ0v) is 16.7. The molecular formula is C21H23NO5S. The molecule has 0 heterocycles. The molecule has 148 valence electrons. The number of thioether (sulfide) groups is 1. The van der Waals surface area contributed by atoms with Gasteiger partial charge in [-0.2, -0.15) is 0 Å². The van der Waals surface area contributed by atoms with E-state index >= 15 is 0 Å². The Morgan fingerprint density at radius 1 is 0.964 bits per heavy atom. The molecule has 2 rings (SSSR count). The summed E-state index contributed by atoms with van der Waals surface area (Å²) in [4.78, 5) is 36.3. The van der Waals surface area contributed by atoms with Crippen molar-refractivity contribution in [3.63, 3.8) is 0 Å². The summed E-state index contributed by atoms with van der Waals surface area (Å²) in [5, 5.41) is 2.61. The lowest BCUT2D eigenvalue weighted by Crippen LogP contribution is -2.21. The molecule has 28 heavy (non-hydrogen) atoms. The standard InChI is InChI=1S/C21H23NO5S/c1-3-26-21(25)16-6-8-17(9-7-16)22-19(23)14-27-20(24)12-13-28-18-10-4-15(2)5-11-18/h4-11H,3,12-14H2,1-2H3,(H,22,23).